The second-order valence-electron chi connectivity index (χ2n) is 19.3. The van der Waals surface area contributed by atoms with Crippen LogP contribution in [0.5, 0.6) is 0 Å². The van der Waals surface area contributed by atoms with E-state index in [2.05, 4.69) is 64.8 Å². The van der Waals surface area contributed by atoms with Gasteiger partial charge in [-0.05, 0) is 125 Å². The lowest BCUT2D eigenvalue weighted by Gasteiger charge is -2.64. The van der Waals surface area contributed by atoms with E-state index < -0.39 is 96.8 Å². The SMILES string of the molecule is CCCCc1ccc(-c2ccc(C(=O)NC(CN)C(=O)NC(CCC(=O)NC(C)C(=O)O)C(=O)NC(C)C(=O)NC(CCCCN)C(=O)NC(N)B3OC4CC5CC(C5(C)C)C4(C)O3)cc2)cc1. The van der Waals surface area contributed by atoms with Crippen molar-refractivity contribution >= 4 is 48.5 Å². The Balaban J connectivity index is 1.21. The van der Waals surface area contributed by atoms with Gasteiger partial charge in [-0.25, -0.2) is 0 Å². The molecule has 13 N–H and O–H groups in total. The minimum Gasteiger partial charge on any atom is -0.480 e. The highest BCUT2D eigenvalue weighted by molar-refractivity contribution is 6.47. The quantitative estimate of drug-likeness (QED) is 0.0383. The zero-order chi connectivity index (χ0) is 49.9. The summed E-state index contributed by atoms with van der Waals surface area (Å²) >= 11 is 0. The molecule has 1 aliphatic heterocycles. The van der Waals surface area contributed by atoms with Crippen LogP contribution in [0.25, 0.3) is 11.1 Å². The number of aryl methyl sites for hydroxylation is 1. The first-order valence-electron chi connectivity index (χ1n) is 23.9. The van der Waals surface area contributed by atoms with Gasteiger partial charge in [0.05, 0.1) is 11.7 Å². The summed E-state index contributed by atoms with van der Waals surface area (Å²) < 4.78 is 12.7. The molecule has 4 aliphatic rings. The topological polar surface area (TPSA) is 308 Å². The summed E-state index contributed by atoms with van der Waals surface area (Å²) in [6.07, 6.45) is 5.41. The van der Waals surface area contributed by atoms with Crippen molar-refractivity contribution in [3.8, 4) is 11.1 Å². The van der Waals surface area contributed by atoms with Gasteiger partial charge in [0, 0.05) is 18.5 Å². The van der Waals surface area contributed by atoms with Crippen molar-refractivity contribution in [3.63, 3.8) is 0 Å². The van der Waals surface area contributed by atoms with E-state index in [1.807, 2.05) is 19.1 Å². The fraction of sp³-hybridized carbons (Fsp3) is 0.604. The first-order chi connectivity index (χ1) is 32.2. The van der Waals surface area contributed by atoms with E-state index in [9.17, 15) is 38.7 Å². The summed E-state index contributed by atoms with van der Waals surface area (Å²) in [6, 6.07) is 7.60. The third-order valence-corrected chi connectivity index (χ3v) is 14.1. The van der Waals surface area contributed by atoms with Crippen molar-refractivity contribution in [2.24, 2.45) is 34.5 Å². The zero-order valence-electron chi connectivity index (χ0n) is 40.2. The molecule has 1 heterocycles. The van der Waals surface area contributed by atoms with Gasteiger partial charge < -0.3 is 63.5 Å². The lowest BCUT2D eigenvalue weighted by molar-refractivity contribution is -0.199. The number of carboxylic acids is 1. The van der Waals surface area contributed by atoms with Crippen LogP contribution in [0.1, 0.15) is 115 Å². The number of hydrogen-bond acceptors (Lipinski definition) is 12. The van der Waals surface area contributed by atoms with Gasteiger partial charge in [0.25, 0.3) is 5.91 Å². The lowest BCUT2D eigenvalue weighted by Crippen LogP contribution is -2.65. The highest BCUT2D eigenvalue weighted by Crippen LogP contribution is 2.65. The molecule has 3 aliphatic carbocycles. The van der Waals surface area contributed by atoms with Crippen LogP contribution < -0.4 is 49.1 Å². The first kappa shape index (κ1) is 53.5. The molecule has 0 aromatic heterocycles. The number of unbranched alkanes of at least 4 members (excludes halogenated alkanes) is 2. The van der Waals surface area contributed by atoms with E-state index >= 15 is 0 Å². The molecule has 20 heteroatoms. The second kappa shape index (κ2) is 23.7. The summed E-state index contributed by atoms with van der Waals surface area (Å²) in [7, 11) is -0.910. The highest BCUT2D eigenvalue weighted by Gasteiger charge is 2.68. The molecule has 2 bridgehead atoms. The zero-order valence-corrected chi connectivity index (χ0v) is 40.2. The Hall–Kier alpha value is -5.41. The summed E-state index contributed by atoms with van der Waals surface area (Å²) in [4.78, 5) is 92.3. The van der Waals surface area contributed by atoms with Crippen LogP contribution in [-0.2, 0) is 44.5 Å². The average molecular weight is 946 g/mol. The average Bonchev–Trinajstić information content (AvgIpc) is 3.68. The number of aliphatic carboxylic acids is 1. The number of rotatable bonds is 25. The fourth-order valence-corrected chi connectivity index (χ4v) is 9.55. The highest BCUT2D eigenvalue weighted by atomic mass is 16.7. The van der Waals surface area contributed by atoms with Crippen LogP contribution in [0.2, 0.25) is 0 Å². The molecule has 19 nitrogen and oxygen atoms in total. The Labute approximate surface area is 399 Å². The molecule has 10 unspecified atom stereocenters. The maximum atomic E-state index is 13.8. The molecular formula is C48H72BN9O10. The van der Waals surface area contributed by atoms with Gasteiger partial charge in [-0.3, -0.25) is 33.6 Å². The molecule has 2 aromatic rings. The van der Waals surface area contributed by atoms with E-state index in [1.165, 1.54) is 19.4 Å². The molecule has 10 atom stereocenters. The lowest BCUT2D eigenvalue weighted by atomic mass is 9.43. The number of carbonyl (C=O) groups is 7. The van der Waals surface area contributed by atoms with Gasteiger partial charge in [-0.1, -0.05) is 63.6 Å². The first-order valence-corrected chi connectivity index (χ1v) is 23.9. The van der Waals surface area contributed by atoms with E-state index in [4.69, 9.17) is 26.5 Å². The molecule has 68 heavy (non-hydrogen) atoms. The van der Waals surface area contributed by atoms with Crippen LogP contribution in [0.4, 0.5) is 0 Å². The Morgan fingerprint density at radius 2 is 1.34 bits per heavy atom. The maximum absolute atomic E-state index is 13.8. The van der Waals surface area contributed by atoms with E-state index in [0.717, 1.165) is 43.2 Å². The Kier molecular flexibility index (Phi) is 18.7. The van der Waals surface area contributed by atoms with Crippen molar-refractivity contribution in [2.75, 3.05) is 13.1 Å². The monoisotopic (exact) mass is 946 g/mol. The number of hydrogen-bond donors (Lipinski definition) is 10. The normalized spacial score (nSPS) is 22.7. The van der Waals surface area contributed by atoms with Gasteiger partial charge in [0.15, 0.2) is 0 Å². The Bertz CT molecular complexity index is 2110. The molecule has 6 amide bonds. The van der Waals surface area contributed by atoms with Crippen LogP contribution in [0, 0.1) is 17.3 Å². The predicted octanol–water partition coefficient (Wildman–Crippen LogP) is 1.39. The van der Waals surface area contributed by atoms with Crippen LogP contribution in [0.3, 0.4) is 0 Å². The molecule has 0 radical (unpaired) electrons. The maximum Gasteiger partial charge on any atom is 0.497 e. The summed E-state index contributed by atoms with van der Waals surface area (Å²) in [5.41, 5.74) is 21.0. The smallest absolute Gasteiger partial charge is 0.480 e. The number of carbonyl (C=O) groups excluding carboxylic acids is 6. The predicted molar refractivity (Wildman–Crippen MR) is 256 cm³/mol. The summed E-state index contributed by atoms with van der Waals surface area (Å²) in [5, 5.41) is 24.7. The largest absolute Gasteiger partial charge is 0.497 e. The molecule has 1 saturated heterocycles. The molecule has 372 valence electrons. The van der Waals surface area contributed by atoms with Gasteiger partial charge in [0.2, 0.25) is 29.5 Å². The number of nitrogens with two attached hydrogens (primary N) is 3. The fourth-order valence-electron chi connectivity index (χ4n) is 9.55. The second-order valence-corrected chi connectivity index (χ2v) is 19.3. The van der Waals surface area contributed by atoms with Crippen LogP contribution in [-0.4, -0.2) is 115 Å². The number of nitrogens with one attached hydrogen (secondary N) is 6. The minimum atomic E-state index is -1.46. The summed E-state index contributed by atoms with van der Waals surface area (Å²) in [5.74, 6) is -4.88. The molecular weight excluding hydrogens is 873 g/mol. The van der Waals surface area contributed by atoms with Crippen molar-refractivity contribution in [3.05, 3.63) is 59.7 Å². The number of amides is 6. The van der Waals surface area contributed by atoms with Gasteiger partial charge in [-0.15, -0.1) is 0 Å². The molecule has 4 fully saturated rings. The Morgan fingerprint density at radius 3 is 1.94 bits per heavy atom. The van der Waals surface area contributed by atoms with E-state index in [1.54, 1.807) is 24.3 Å². The molecule has 2 aromatic carbocycles. The standard InChI is InChI=1S/C48H72BN9O10/c1-7-8-11-29-13-15-30(16-14-29)31-17-19-32(20-18-31)41(61)57-36(26-51)44(64)56-35(21-22-39(59)53-28(3)45(65)66)42(62)54-27(2)40(60)55-34(12-9-10-23-50)43(63)58-46(52)49-67-38-25-33-24-37(47(33,4)5)48(38,6)68-49/h13-20,27-28,33-38,46H,7-12,21-26,50-52H2,1-6H3,(H,53,59)(H,54,62)(H,55,60)(H,56,64)(H,57,61)(H,58,63)(H,65,66). The van der Waals surface area contributed by atoms with E-state index in [-0.39, 0.29) is 42.4 Å². The van der Waals surface area contributed by atoms with Crippen LogP contribution >= 0.6 is 0 Å². The number of carboxylic acid groups (broad SMARTS) is 1. The summed E-state index contributed by atoms with van der Waals surface area (Å²) in [6.45, 7) is 11.3. The third kappa shape index (κ3) is 13.2. The van der Waals surface area contributed by atoms with Gasteiger partial charge >= 0.3 is 13.1 Å². The van der Waals surface area contributed by atoms with Crippen molar-refractivity contribution in [2.45, 2.75) is 154 Å². The minimum absolute atomic E-state index is 0.1000. The molecule has 6 rings (SSSR count). The molecule has 3 saturated carbocycles. The Morgan fingerprint density at radius 1 is 0.735 bits per heavy atom. The molecule has 0 spiro atoms. The van der Waals surface area contributed by atoms with Crippen molar-refractivity contribution in [1.29, 1.82) is 0 Å². The van der Waals surface area contributed by atoms with Crippen molar-refractivity contribution in [1.82, 2.24) is 31.9 Å². The van der Waals surface area contributed by atoms with E-state index in [0.29, 0.717) is 25.3 Å². The van der Waals surface area contributed by atoms with Crippen LogP contribution in [0.15, 0.2) is 48.5 Å². The third-order valence-electron chi connectivity index (χ3n) is 14.1. The van der Waals surface area contributed by atoms with Crippen molar-refractivity contribution < 1.29 is 48.0 Å². The number of benzene rings is 2. The van der Waals surface area contributed by atoms with Gasteiger partial charge in [0.1, 0.15) is 36.3 Å². The van der Waals surface area contributed by atoms with Gasteiger partial charge in [-0.2, -0.15) is 0 Å².